The number of benzene rings is 2. The fourth-order valence-electron chi connectivity index (χ4n) is 2.38. The highest BCUT2D eigenvalue weighted by Gasteiger charge is 2.09. The molecule has 132 valence electrons. The molecule has 3 aromatic rings. The Morgan fingerprint density at radius 1 is 0.885 bits per heavy atom. The summed E-state index contributed by atoms with van der Waals surface area (Å²) >= 11 is 0. The fourth-order valence-corrected chi connectivity index (χ4v) is 2.38. The lowest BCUT2D eigenvalue weighted by Gasteiger charge is -2.10. The van der Waals surface area contributed by atoms with Gasteiger partial charge in [-0.15, -0.1) is 0 Å². The zero-order valence-electron chi connectivity index (χ0n) is 14.3. The van der Waals surface area contributed by atoms with Crippen LogP contribution in [0.1, 0.15) is 21.5 Å². The minimum atomic E-state index is -0.960. The molecule has 0 unspecified atom stereocenters. The van der Waals surface area contributed by atoms with Gasteiger partial charge >= 0.3 is 0 Å². The maximum atomic E-state index is 13.3. The number of carbonyl (C=O) groups excluding carboxylic acids is 1. The summed E-state index contributed by atoms with van der Waals surface area (Å²) in [6, 6.07) is 12.2. The molecule has 0 bridgehead atoms. The van der Waals surface area contributed by atoms with Crippen molar-refractivity contribution in [1.29, 1.82) is 0 Å². The lowest BCUT2D eigenvalue weighted by atomic mass is 10.1. The third-order valence-electron chi connectivity index (χ3n) is 3.98. The molecule has 3 rings (SSSR count). The van der Waals surface area contributed by atoms with Crippen molar-refractivity contribution in [2.45, 2.75) is 13.8 Å². The van der Waals surface area contributed by atoms with Gasteiger partial charge in [-0.05, 0) is 61.4 Å². The molecule has 1 aromatic heterocycles. The van der Waals surface area contributed by atoms with Crippen molar-refractivity contribution in [2.24, 2.45) is 0 Å². The lowest BCUT2D eigenvalue weighted by molar-refractivity contribution is 0.102. The number of hydrogen-bond donors (Lipinski definition) is 2. The van der Waals surface area contributed by atoms with Crippen LogP contribution in [0, 0.1) is 25.5 Å². The van der Waals surface area contributed by atoms with E-state index in [0.717, 1.165) is 23.3 Å². The third-order valence-corrected chi connectivity index (χ3v) is 3.98. The maximum Gasteiger partial charge on any atom is 0.255 e. The Balaban J connectivity index is 1.76. The van der Waals surface area contributed by atoms with Crippen molar-refractivity contribution in [1.82, 2.24) is 4.98 Å². The van der Waals surface area contributed by atoms with E-state index >= 15 is 0 Å². The molecule has 0 aliphatic heterocycles. The largest absolute Gasteiger partial charge is 0.340 e. The highest BCUT2D eigenvalue weighted by atomic mass is 19.2. The van der Waals surface area contributed by atoms with Crippen LogP contribution in [-0.2, 0) is 0 Å². The Hall–Kier alpha value is -3.28. The quantitative estimate of drug-likeness (QED) is 0.696. The van der Waals surface area contributed by atoms with E-state index in [2.05, 4.69) is 15.6 Å². The number of aromatic nitrogens is 1. The van der Waals surface area contributed by atoms with Gasteiger partial charge in [-0.2, -0.15) is 0 Å². The van der Waals surface area contributed by atoms with E-state index in [1.54, 1.807) is 6.07 Å². The molecule has 1 amide bonds. The van der Waals surface area contributed by atoms with E-state index in [9.17, 15) is 13.6 Å². The number of anilines is 3. The summed E-state index contributed by atoms with van der Waals surface area (Å²) in [5.74, 6) is -1.82. The van der Waals surface area contributed by atoms with Crippen LogP contribution in [-0.4, -0.2) is 10.9 Å². The summed E-state index contributed by atoms with van der Waals surface area (Å²) < 4.78 is 26.3. The van der Waals surface area contributed by atoms with Gasteiger partial charge in [0.2, 0.25) is 0 Å². The average Bonchev–Trinajstić information content (AvgIpc) is 2.61. The van der Waals surface area contributed by atoms with Gasteiger partial charge in [-0.1, -0.05) is 6.07 Å². The van der Waals surface area contributed by atoms with Crippen molar-refractivity contribution < 1.29 is 13.6 Å². The van der Waals surface area contributed by atoms with Crippen molar-refractivity contribution >= 4 is 23.1 Å². The van der Waals surface area contributed by atoms with Crippen molar-refractivity contribution in [2.75, 3.05) is 10.6 Å². The Morgan fingerprint density at radius 2 is 1.65 bits per heavy atom. The van der Waals surface area contributed by atoms with Crippen molar-refractivity contribution in [3.8, 4) is 0 Å². The molecule has 0 atom stereocenters. The summed E-state index contributed by atoms with van der Waals surface area (Å²) in [5, 5.41) is 5.68. The lowest BCUT2D eigenvalue weighted by Crippen LogP contribution is -2.12. The van der Waals surface area contributed by atoms with E-state index in [4.69, 9.17) is 0 Å². The van der Waals surface area contributed by atoms with Crippen LogP contribution in [0.2, 0.25) is 0 Å². The molecule has 2 N–H and O–H groups in total. The number of hydrogen-bond acceptors (Lipinski definition) is 3. The van der Waals surface area contributed by atoms with Crippen molar-refractivity contribution in [3.63, 3.8) is 0 Å². The second-order valence-corrected chi connectivity index (χ2v) is 5.94. The van der Waals surface area contributed by atoms with Gasteiger partial charge in [0.1, 0.15) is 5.82 Å². The van der Waals surface area contributed by atoms with E-state index in [-0.39, 0.29) is 5.91 Å². The molecule has 0 fully saturated rings. The Morgan fingerprint density at radius 3 is 2.38 bits per heavy atom. The molecule has 0 saturated carbocycles. The normalized spacial score (nSPS) is 10.5. The van der Waals surface area contributed by atoms with E-state index in [0.29, 0.717) is 22.8 Å². The number of nitrogens with zero attached hydrogens (tertiary/aromatic N) is 1. The van der Waals surface area contributed by atoms with Gasteiger partial charge in [0, 0.05) is 29.2 Å². The van der Waals surface area contributed by atoms with Crippen LogP contribution in [0.4, 0.5) is 26.0 Å². The van der Waals surface area contributed by atoms with Crippen molar-refractivity contribution in [3.05, 3.63) is 83.1 Å². The van der Waals surface area contributed by atoms with Gasteiger partial charge < -0.3 is 10.6 Å². The molecular formula is C20H17F2N3O. The van der Waals surface area contributed by atoms with Gasteiger partial charge in [0.15, 0.2) is 11.6 Å². The molecule has 6 heteroatoms. The molecule has 4 nitrogen and oxygen atoms in total. The maximum absolute atomic E-state index is 13.3. The monoisotopic (exact) mass is 353 g/mol. The molecule has 26 heavy (non-hydrogen) atoms. The number of aryl methyl sites for hydroxylation is 2. The summed E-state index contributed by atoms with van der Waals surface area (Å²) in [5.41, 5.74) is 3.65. The van der Waals surface area contributed by atoms with E-state index in [1.165, 1.54) is 18.3 Å². The van der Waals surface area contributed by atoms with Crippen LogP contribution < -0.4 is 10.6 Å². The second kappa shape index (κ2) is 7.31. The highest BCUT2D eigenvalue weighted by Crippen LogP contribution is 2.19. The minimum absolute atomic E-state index is 0.288. The Bertz CT molecular complexity index is 973. The first kappa shape index (κ1) is 17.5. The van der Waals surface area contributed by atoms with Crippen LogP contribution in [0.25, 0.3) is 0 Å². The summed E-state index contributed by atoms with van der Waals surface area (Å²) in [7, 11) is 0. The fraction of sp³-hybridized carbons (Fsp3) is 0.100. The van der Waals surface area contributed by atoms with Gasteiger partial charge in [-0.3, -0.25) is 4.79 Å². The molecule has 0 aliphatic rings. The molecule has 0 radical (unpaired) electrons. The standard InChI is InChI=1S/C20H17F2N3O/c1-12-3-4-15(9-13(12)2)25-20(26)14-7-8-23-19(10-14)24-16-5-6-17(21)18(22)11-16/h3-11H,1-2H3,(H,23,24)(H,25,26). The van der Waals surface area contributed by atoms with E-state index < -0.39 is 11.6 Å². The number of carbonyl (C=O) groups is 1. The first-order chi connectivity index (χ1) is 12.4. The number of rotatable bonds is 4. The SMILES string of the molecule is Cc1ccc(NC(=O)c2ccnc(Nc3ccc(F)c(F)c3)c2)cc1C. The predicted octanol–water partition coefficient (Wildman–Crippen LogP) is 4.97. The van der Waals surface area contributed by atoms with Gasteiger partial charge in [0.05, 0.1) is 0 Å². The molecule has 0 spiro atoms. The highest BCUT2D eigenvalue weighted by molar-refractivity contribution is 6.04. The third kappa shape index (κ3) is 4.03. The van der Waals surface area contributed by atoms with Crippen LogP contribution in [0.3, 0.4) is 0 Å². The summed E-state index contributed by atoms with van der Waals surface area (Å²) in [4.78, 5) is 16.5. The minimum Gasteiger partial charge on any atom is -0.340 e. The first-order valence-electron chi connectivity index (χ1n) is 7.99. The topological polar surface area (TPSA) is 54.0 Å². The molecule has 1 heterocycles. The molecule has 0 aliphatic carbocycles. The number of halogens is 2. The van der Waals surface area contributed by atoms with E-state index in [1.807, 2.05) is 32.0 Å². The van der Waals surface area contributed by atoms with Crippen LogP contribution >= 0.6 is 0 Å². The van der Waals surface area contributed by atoms with Gasteiger partial charge in [0.25, 0.3) is 5.91 Å². The number of amides is 1. The zero-order valence-corrected chi connectivity index (χ0v) is 14.3. The van der Waals surface area contributed by atoms with Gasteiger partial charge in [-0.25, -0.2) is 13.8 Å². The predicted molar refractivity (Wildman–Crippen MR) is 97.7 cm³/mol. The first-order valence-corrected chi connectivity index (χ1v) is 7.99. The molecule has 0 saturated heterocycles. The second-order valence-electron chi connectivity index (χ2n) is 5.94. The number of pyridine rings is 1. The summed E-state index contributed by atoms with van der Waals surface area (Å²) in [6.07, 6.45) is 1.47. The summed E-state index contributed by atoms with van der Waals surface area (Å²) in [6.45, 7) is 3.97. The Kier molecular flexibility index (Phi) is 4.93. The average molecular weight is 353 g/mol. The zero-order chi connectivity index (χ0) is 18.7. The Labute approximate surface area is 149 Å². The van der Waals surface area contributed by atoms with Crippen LogP contribution in [0.15, 0.2) is 54.7 Å². The van der Waals surface area contributed by atoms with Crippen LogP contribution in [0.5, 0.6) is 0 Å². The molecular weight excluding hydrogens is 336 g/mol. The smallest absolute Gasteiger partial charge is 0.255 e. The molecule has 2 aromatic carbocycles. The number of nitrogens with one attached hydrogen (secondary N) is 2.